The van der Waals surface area contributed by atoms with Gasteiger partial charge in [-0.3, -0.25) is 39.1 Å². The van der Waals surface area contributed by atoms with Gasteiger partial charge in [-0.1, -0.05) is 12.1 Å². The minimum atomic E-state index is -4.71. The van der Waals surface area contributed by atoms with Crippen LogP contribution in [0.2, 0.25) is 0 Å². The van der Waals surface area contributed by atoms with Crippen LogP contribution in [0.1, 0.15) is 75.2 Å². The predicted molar refractivity (Wildman–Crippen MR) is 232 cm³/mol. The van der Waals surface area contributed by atoms with Gasteiger partial charge in [0, 0.05) is 88.0 Å². The topological polar surface area (TPSA) is 169 Å². The van der Waals surface area contributed by atoms with Crippen molar-refractivity contribution in [1.82, 2.24) is 25.4 Å². The van der Waals surface area contributed by atoms with Crippen LogP contribution in [-0.2, 0) is 15.8 Å². The number of hydrogen-bond acceptors (Lipinski definition) is 12. The molecule has 6 aliphatic heterocycles. The number of piperidine rings is 4. The van der Waals surface area contributed by atoms with Gasteiger partial charge >= 0.3 is 6.18 Å². The van der Waals surface area contributed by atoms with E-state index in [0.717, 1.165) is 80.9 Å². The van der Waals surface area contributed by atoms with E-state index in [1.54, 1.807) is 24.3 Å². The molecule has 4 N–H and O–H groups in total. The molecule has 0 radical (unpaired) electrons. The molecule has 5 fully saturated rings. The lowest BCUT2D eigenvalue weighted by molar-refractivity contribution is -0.137. The van der Waals surface area contributed by atoms with Gasteiger partial charge in [0.05, 0.1) is 46.4 Å². The number of imide groups is 2. The molecule has 0 spiro atoms. The summed E-state index contributed by atoms with van der Waals surface area (Å²) < 4.78 is 48.1. The number of alkyl halides is 3. The second-order valence-electron chi connectivity index (χ2n) is 17.0. The van der Waals surface area contributed by atoms with Crippen molar-refractivity contribution in [2.24, 2.45) is 5.92 Å². The van der Waals surface area contributed by atoms with Crippen LogP contribution in [0.4, 0.5) is 47.4 Å². The molecular formula is C46H48F3N9O6. The monoisotopic (exact) mass is 879 g/mol. The number of nitrogens with one attached hydrogen (secondary N) is 4. The van der Waals surface area contributed by atoms with Gasteiger partial charge in [0.2, 0.25) is 11.8 Å². The Bertz CT molecular complexity index is 2530. The summed E-state index contributed by atoms with van der Waals surface area (Å²) in [5.41, 5.74) is 2.09. The van der Waals surface area contributed by atoms with Crippen LogP contribution in [0, 0.1) is 5.92 Å². The Labute approximate surface area is 367 Å². The second kappa shape index (κ2) is 17.1. The van der Waals surface area contributed by atoms with E-state index < -0.39 is 47.3 Å². The van der Waals surface area contributed by atoms with Crippen molar-refractivity contribution < 1.29 is 41.9 Å². The van der Waals surface area contributed by atoms with Gasteiger partial charge in [0.15, 0.2) is 0 Å². The maximum Gasteiger partial charge on any atom is 0.419 e. The third-order valence-corrected chi connectivity index (χ3v) is 13.2. The summed E-state index contributed by atoms with van der Waals surface area (Å²) in [6.45, 7) is 4.39. The SMILES string of the molecule is CNC(=O)c1ccccc1Nc1cc(Nc2ccc(N3CCC(CN4CC5CCC4CN5c4ccc5c(c4)C(=O)N(C4CCC(=O)NC4=O)C5=O)CC3)cc2OC)ncc1C(F)(F)F. The van der Waals surface area contributed by atoms with Crippen LogP contribution in [0.5, 0.6) is 5.75 Å². The predicted octanol–water partition coefficient (Wildman–Crippen LogP) is 5.93. The number of nitrogens with zero attached hydrogens (tertiary/aromatic N) is 5. The highest BCUT2D eigenvalue weighted by Crippen LogP contribution is 2.41. The number of carbonyl (C=O) groups is 5. The second-order valence-corrected chi connectivity index (χ2v) is 17.0. The van der Waals surface area contributed by atoms with Gasteiger partial charge in [-0.15, -0.1) is 0 Å². The van der Waals surface area contributed by atoms with Crippen molar-refractivity contribution in [3.05, 3.63) is 95.2 Å². The highest BCUT2D eigenvalue weighted by atomic mass is 19.4. The number of hydrogen-bond donors (Lipinski definition) is 4. The molecule has 0 aliphatic carbocycles. The molecule has 0 saturated carbocycles. The van der Waals surface area contributed by atoms with E-state index in [4.69, 9.17) is 4.74 Å². The molecule has 64 heavy (non-hydrogen) atoms. The number of para-hydroxylation sites is 1. The van der Waals surface area contributed by atoms with Gasteiger partial charge in [-0.2, -0.15) is 13.2 Å². The molecule has 3 unspecified atom stereocenters. The number of piperazine rings is 1. The first-order valence-corrected chi connectivity index (χ1v) is 21.5. The number of amides is 5. The van der Waals surface area contributed by atoms with Gasteiger partial charge < -0.3 is 30.5 Å². The Kier molecular flexibility index (Phi) is 11.4. The highest BCUT2D eigenvalue weighted by molar-refractivity contribution is 6.23. The molecule has 2 bridgehead atoms. The Morgan fingerprint density at radius 3 is 2.30 bits per heavy atom. The average Bonchev–Trinajstić information content (AvgIpc) is 3.54. The third kappa shape index (κ3) is 8.17. The number of fused-ring (bicyclic) bond motifs is 4. The van der Waals surface area contributed by atoms with Gasteiger partial charge in [-0.25, -0.2) is 4.98 Å². The van der Waals surface area contributed by atoms with E-state index in [1.165, 1.54) is 32.4 Å². The lowest BCUT2D eigenvalue weighted by Crippen LogP contribution is -2.63. The normalized spacial score (nSPS) is 21.5. The number of aromatic nitrogens is 1. The summed E-state index contributed by atoms with van der Waals surface area (Å²) >= 11 is 0. The fourth-order valence-electron chi connectivity index (χ4n) is 9.84. The fraction of sp³-hybridized carbons (Fsp3) is 0.391. The average molecular weight is 880 g/mol. The molecule has 4 aromatic rings. The zero-order valence-corrected chi connectivity index (χ0v) is 35.3. The number of ether oxygens (including phenoxy) is 1. The van der Waals surface area contributed by atoms with Crippen molar-refractivity contribution in [1.29, 1.82) is 0 Å². The van der Waals surface area contributed by atoms with Crippen molar-refractivity contribution in [2.75, 3.05) is 67.3 Å². The molecule has 10 rings (SSSR count). The molecule has 15 nitrogen and oxygen atoms in total. The van der Waals surface area contributed by atoms with Crippen molar-refractivity contribution in [3.8, 4) is 5.75 Å². The van der Waals surface area contributed by atoms with Crippen molar-refractivity contribution >= 4 is 63.8 Å². The molecule has 7 heterocycles. The summed E-state index contributed by atoms with van der Waals surface area (Å²) in [6, 6.07) is 18.2. The molecule has 3 aromatic carbocycles. The maximum atomic E-state index is 14.1. The first-order chi connectivity index (χ1) is 30.8. The van der Waals surface area contributed by atoms with E-state index in [1.807, 2.05) is 24.3 Å². The highest BCUT2D eigenvalue weighted by Gasteiger charge is 2.46. The number of pyridine rings is 1. The Morgan fingerprint density at radius 1 is 0.828 bits per heavy atom. The van der Waals surface area contributed by atoms with Crippen LogP contribution in [0.3, 0.4) is 0 Å². The lowest BCUT2D eigenvalue weighted by atomic mass is 9.87. The number of anilines is 6. The summed E-state index contributed by atoms with van der Waals surface area (Å²) in [5.74, 6) is -1.33. The fourth-order valence-corrected chi connectivity index (χ4v) is 9.84. The molecule has 5 amide bonds. The standard InChI is InChI=1S/C46H48F3N9O6/c1-50-42(60)32-5-3-4-6-35(32)52-37-21-40(51-22-34(37)46(47,48)49)53-36-12-10-27(20-39(36)64-2)55-17-15-26(16-18-55)23-56-24-30-8-7-29(56)25-57(30)28-9-11-31-33(19-28)45(63)58(44(31)62)38-13-14-41(59)54-43(38)61/h3-6,9-12,19-22,26,29-30,38H,7-8,13-18,23-25H2,1-2H3,(H,50,60)(H2,51,52,53)(H,54,59,61). The summed E-state index contributed by atoms with van der Waals surface area (Å²) in [5, 5.41) is 10.7. The number of rotatable bonds is 11. The molecule has 334 valence electrons. The Hall–Kier alpha value is -6.69. The zero-order valence-electron chi connectivity index (χ0n) is 35.3. The molecule has 5 saturated heterocycles. The van der Waals surface area contributed by atoms with E-state index in [-0.39, 0.29) is 47.2 Å². The largest absolute Gasteiger partial charge is 0.494 e. The first kappa shape index (κ1) is 42.6. The van der Waals surface area contributed by atoms with Crippen LogP contribution in [0.25, 0.3) is 0 Å². The number of benzene rings is 3. The van der Waals surface area contributed by atoms with Gasteiger partial charge in [0.25, 0.3) is 17.7 Å². The Balaban J connectivity index is 0.812. The van der Waals surface area contributed by atoms with E-state index in [2.05, 4.69) is 41.0 Å². The van der Waals surface area contributed by atoms with Crippen LogP contribution >= 0.6 is 0 Å². The van der Waals surface area contributed by atoms with Crippen molar-refractivity contribution in [3.63, 3.8) is 0 Å². The molecule has 18 heteroatoms. The summed E-state index contributed by atoms with van der Waals surface area (Å²) in [4.78, 5) is 75.8. The number of carbonyl (C=O) groups excluding carboxylic acids is 5. The minimum Gasteiger partial charge on any atom is -0.494 e. The minimum absolute atomic E-state index is 0.0717. The molecule has 6 aliphatic rings. The number of halogens is 3. The van der Waals surface area contributed by atoms with Crippen LogP contribution in [-0.4, -0.2) is 109 Å². The molecule has 1 aromatic heterocycles. The first-order valence-electron chi connectivity index (χ1n) is 21.5. The molecule has 3 atom stereocenters. The summed E-state index contributed by atoms with van der Waals surface area (Å²) in [6.07, 6.45) is 0.342. The third-order valence-electron chi connectivity index (χ3n) is 13.2. The van der Waals surface area contributed by atoms with Crippen LogP contribution < -0.4 is 35.8 Å². The quantitative estimate of drug-likeness (QED) is 0.131. The van der Waals surface area contributed by atoms with E-state index in [0.29, 0.717) is 29.0 Å². The van der Waals surface area contributed by atoms with Gasteiger partial charge in [0.1, 0.15) is 17.6 Å². The Morgan fingerprint density at radius 2 is 1.58 bits per heavy atom. The van der Waals surface area contributed by atoms with E-state index >= 15 is 0 Å². The maximum absolute atomic E-state index is 14.1. The lowest BCUT2D eigenvalue weighted by Gasteiger charge is -2.53. The van der Waals surface area contributed by atoms with Crippen LogP contribution in [0.15, 0.2) is 72.9 Å². The smallest absolute Gasteiger partial charge is 0.419 e. The summed E-state index contributed by atoms with van der Waals surface area (Å²) in [7, 11) is 2.99. The zero-order chi connectivity index (χ0) is 44.9. The van der Waals surface area contributed by atoms with E-state index in [9.17, 15) is 37.1 Å². The molecular weight excluding hydrogens is 832 g/mol. The van der Waals surface area contributed by atoms with Gasteiger partial charge in [-0.05, 0) is 80.5 Å². The number of methoxy groups -OCH3 is 1. The van der Waals surface area contributed by atoms with Crippen molar-refractivity contribution in [2.45, 2.75) is 62.8 Å².